The molecule has 0 radical (unpaired) electrons. The van der Waals surface area contributed by atoms with Crippen molar-refractivity contribution in [2.45, 2.75) is 19.8 Å². The summed E-state index contributed by atoms with van der Waals surface area (Å²) in [5.41, 5.74) is 0.157. The molecule has 0 bridgehead atoms. The van der Waals surface area contributed by atoms with Gasteiger partial charge in [0.25, 0.3) is 5.91 Å². The number of amides is 1. The van der Waals surface area contributed by atoms with Gasteiger partial charge in [-0.2, -0.15) is 0 Å². The highest BCUT2D eigenvalue weighted by Gasteiger charge is 2.25. The van der Waals surface area contributed by atoms with E-state index in [1.807, 2.05) is 0 Å². The van der Waals surface area contributed by atoms with E-state index in [9.17, 15) is 17.6 Å². The summed E-state index contributed by atoms with van der Waals surface area (Å²) in [5.74, 6) is -0.392. The number of carbonyl (C=O) groups excluding carboxylic acids is 1. The maximum Gasteiger partial charge on any atom is 0.256 e. The van der Waals surface area contributed by atoms with Gasteiger partial charge in [-0.25, -0.2) is 12.8 Å². The molecule has 1 saturated heterocycles. The number of rotatable bonds is 6. The zero-order valence-corrected chi connectivity index (χ0v) is 14.8. The van der Waals surface area contributed by atoms with Gasteiger partial charge in [0.1, 0.15) is 5.82 Å². The van der Waals surface area contributed by atoms with Crippen LogP contribution < -0.4 is 10.0 Å². The fourth-order valence-corrected chi connectivity index (χ4v) is 3.42. The van der Waals surface area contributed by atoms with Crippen LogP contribution >= 0.6 is 0 Å². The zero-order valence-electron chi connectivity index (χ0n) is 14.0. The molecule has 0 aliphatic carbocycles. The first-order valence-electron chi connectivity index (χ1n) is 8.07. The van der Waals surface area contributed by atoms with Crippen molar-refractivity contribution in [2.75, 3.05) is 37.2 Å². The molecule has 0 spiro atoms. The van der Waals surface area contributed by atoms with E-state index in [0.29, 0.717) is 19.0 Å². The number of carbonyl (C=O) groups is 1. The van der Waals surface area contributed by atoms with Crippen molar-refractivity contribution in [1.82, 2.24) is 10.2 Å². The van der Waals surface area contributed by atoms with Crippen LogP contribution in [-0.4, -0.2) is 51.7 Å². The maximum atomic E-state index is 13.6. The van der Waals surface area contributed by atoms with Gasteiger partial charge >= 0.3 is 0 Å². The van der Waals surface area contributed by atoms with Gasteiger partial charge in [0.15, 0.2) is 0 Å². The molecule has 0 unspecified atom stereocenters. The molecule has 2 rings (SSSR count). The Hall–Kier alpha value is -1.67. The number of halogens is 1. The van der Waals surface area contributed by atoms with E-state index in [1.54, 1.807) is 4.90 Å². The lowest BCUT2D eigenvalue weighted by Gasteiger charge is -2.32. The molecule has 1 heterocycles. The lowest BCUT2D eigenvalue weighted by Crippen LogP contribution is -2.41. The number of sulfonamides is 1. The van der Waals surface area contributed by atoms with Crippen molar-refractivity contribution < 1.29 is 17.6 Å². The minimum Gasteiger partial charge on any atom is -0.339 e. The van der Waals surface area contributed by atoms with Crippen LogP contribution in [0.5, 0.6) is 0 Å². The standard InChI is InChI=1S/C16H24FN3O3S/c1-3-18-11-12-6-8-20(9-7-12)16(21)14-10-13(17)4-5-15(14)19-24(2,22)23/h4-5,10,12,18-19H,3,6-9,11H2,1-2H3. The van der Waals surface area contributed by atoms with Gasteiger partial charge in [-0.1, -0.05) is 6.92 Å². The summed E-state index contributed by atoms with van der Waals surface area (Å²) in [4.78, 5) is 14.3. The predicted molar refractivity (Wildman–Crippen MR) is 92.0 cm³/mol. The first-order valence-corrected chi connectivity index (χ1v) is 9.96. The lowest BCUT2D eigenvalue weighted by atomic mass is 9.96. The second-order valence-corrected chi connectivity index (χ2v) is 7.86. The van der Waals surface area contributed by atoms with Gasteiger partial charge in [0.05, 0.1) is 17.5 Å². The average Bonchev–Trinajstić information content (AvgIpc) is 2.53. The molecular formula is C16H24FN3O3S. The summed E-state index contributed by atoms with van der Waals surface area (Å²) in [7, 11) is -3.55. The van der Waals surface area contributed by atoms with Crippen LogP contribution in [0.25, 0.3) is 0 Å². The molecule has 134 valence electrons. The number of anilines is 1. The summed E-state index contributed by atoms with van der Waals surface area (Å²) < 4.78 is 38.7. The molecule has 8 heteroatoms. The Kier molecular flexibility index (Phi) is 6.17. The summed E-state index contributed by atoms with van der Waals surface area (Å²) >= 11 is 0. The Labute approximate surface area is 142 Å². The SMILES string of the molecule is CCNCC1CCN(C(=O)c2cc(F)ccc2NS(C)(=O)=O)CC1. The summed E-state index contributed by atoms with van der Waals surface area (Å²) in [6.07, 6.45) is 2.75. The molecule has 2 N–H and O–H groups in total. The Morgan fingerprint density at radius 2 is 2.00 bits per heavy atom. The van der Waals surface area contributed by atoms with Crippen molar-refractivity contribution in [3.63, 3.8) is 0 Å². The van der Waals surface area contributed by atoms with Crippen molar-refractivity contribution in [1.29, 1.82) is 0 Å². The molecule has 0 atom stereocenters. The Balaban J connectivity index is 2.11. The lowest BCUT2D eigenvalue weighted by molar-refractivity contribution is 0.0691. The number of piperidine rings is 1. The quantitative estimate of drug-likeness (QED) is 0.812. The molecule has 1 aliphatic heterocycles. The van der Waals surface area contributed by atoms with Crippen LogP contribution in [0.2, 0.25) is 0 Å². The summed E-state index contributed by atoms with van der Waals surface area (Å²) in [5, 5.41) is 3.31. The minimum absolute atomic E-state index is 0.0468. The first-order chi connectivity index (χ1) is 11.3. The van der Waals surface area contributed by atoms with Gasteiger partial charge < -0.3 is 10.2 Å². The smallest absolute Gasteiger partial charge is 0.256 e. The van der Waals surface area contributed by atoms with E-state index >= 15 is 0 Å². The number of likely N-dealkylation sites (tertiary alicyclic amines) is 1. The van der Waals surface area contributed by atoms with Crippen LogP contribution in [0.1, 0.15) is 30.1 Å². The van der Waals surface area contributed by atoms with Crippen LogP contribution in [0.4, 0.5) is 10.1 Å². The maximum absolute atomic E-state index is 13.6. The number of hydrogen-bond donors (Lipinski definition) is 2. The Morgan fingerprint density at radius 1 is 1.33 bits per heavy atom. The molecule has 24 heavy (non-hydrogen) atoms. The van der Waals surface area contributed by atoms with E-state index < -0.39 is 15.8 Å². The zero-order chi connectivity index (χ0) is 17.7. The fraction of sp³-hybridized carbons (Fsp3) is 0.562. The highest BCUT2D eigenvalue weighted by molar-refractivity contribution is 7.92. The third kappa shape index (κ3) is 5.17. The van der Waals surface area contributed by atoms with E-state index in [4.69, 9.17) is 0 Å². The van der Waals surface area contributed by atoms with E-state index in [-0.39, 0.29) is 17.2 Å². The van der Waals surface area contributed by atoms with Crippen molar-refractivity contribution in [3.05, 3.63) is 29.6 Å². The van der Waals surface area contributed by atoms with Gasteiger partial charge in [0, 0.05) is 13.1 Å². The molecular weight excluding hydrogens is 333 g/mol. The van der Waals surface area contributed by atoms with E-state index in [2.05, 4.69) is 17.0 Å². The number of nitrogens with one attached hydrogen (secondary N) is 2. The predicted octanol–water partition coefficient (Wildman–Crippen LogP) is 1.66. The second kappa shape index (κ2) is 7.94. The van der Waals surface area contributed by atoms with Crippen LogP contribution in [0.15, 0.2) is 18.2 Å². The third-order valence-corrected chi connectivity index (χ3v) is 4.68. The van der Waals surface area contributed by atoms with Crippen LogP contribution in [0, 0.1) is 11.7 Å². The van der Waals surface area contributed by atoms with Crippen molar-refractivity contribution in [2.24, 2.45) is 5.92 Å². The average molecular weight is 357 g/mol. The summed E-state index contributed by atoms with van der Waals surface area (Å²) in [6, 6.07) is 3.50. The molecule has 1 aromatic carbocycles. The van der Waals surface area contributed by atoms with Gasteiger partial charge in [-0.05, 0) is 50.0 Å². The fourth-order valence-electron chi connectivity index (χ4n) is 2.84. The topological polar surface area (TPSA) is 78.5 Å². The normalized spacial score (nSPS) is 16.2. The summed E-state index contributed by atoms with van der Waals surface area (Å²) in [6.45, 7) is 5.08. The van der Waals surface area contributed by atoms with Gasteiger partial charge in [-0.15, -0.1) is 0 Å². The molecule has 1 amide bonds. The van der Waals surface area contributed by atoms with Gasteiger partial charge in [0.2, 0.25) is 10.0 Å². The highest BCUT2D eigenvalue weighted by atomic mass is 32.2. The number of hydrogen-bond acceptors (Lipinski definition) is 4. The Bertz CT molecular complexity index is 686. The monoisotopic (exact) mass is 357 g/mol. The molecule has 6 nitrogen and oxygen atoms in total. The molecule has 1 fully saturated rings. The van der Waals surface area contributed by atoms with Crippen LogP contribution in [0.3, 0.4) is 0 Å². The second-order valence-electron chi connectivity index (χ2n) is 6.11. The molecule has 0 aromatic heterocycles. The molecule has 1 aliphatic rings. The molecule has 1 aromatic rings. The highest BCUT2D eigenvalue weighted by Crippen LogP contribution is 2.23. The third-order valence-electron chi connectivity index (χ3n) is 4.09. The largest absolute Gasteiger partial charge is 0.339 e. The van der Waals surface area contributed by atoms with Crippen molar-refractivity contribution >= 4 is 21.6 Å². The number of nitrogens with zero attached hydrogens (tertiary/aromatic N) is 1. The first kappa shape index (κ1) is 18.7. The van der Waals surface area contributed by atoms with Crippen molar-refractivity contribution in [3.8, 4) is 0 Å². The van der Waals surface area contributed by atoms with E-state index in [0.717, 1.165) is 44.3 Å². The Morgan fingerprint density at radius 3 is 2.58 bits per heavy atom. The number of benzene rings is 1. The minimum atomic E-state index is -3.55. The molecule has 0 saturated carbocycles. The van der Waals surface area contributed by atoms with E-state index in [1.165, 1.54) is 6.07 Å². The van der Waals surface area contributed by atoms with Crippen LogP contribution in [-0.2, 0) is 10.0 Å². The van der Waals surface area contributed by atoms with Gasteiger partial charge in [-0.3, -0.25) is 9.52 Å².